The molecule has 2 aromatic heterocycles. The van der Waals surface area contributed by atoms with Gasteiger partial charge in [-0.2, -0.15) is 5.10 Å². The van der Waals surface area contributed by atoms with Crippen molar-refractivity contribution in [3.63, 3.8) is 0 Å². The van der Waals surface area contributed by atoms with Gasteiger partial charge in [-0.05, 0) is 31.9 Å². The lowest BCUT2D eigenvalue weighted by Gasteiger charge is -2.31. The van der Waals surface area contributed by atoms with Gasteiger partial charge in [0, 0.05) is 31.6 Å². The maximum atomic E-state index is 12.7. The monoisotopic (exact) mass is 320 g/mol. The van der Waals surface area contributed by atoms with E-state index in [-0.39, 0.29) is 5.91 Å². The molecule has 1 amide bonds. The number of amides is 1. The molecule has 0 saturated carbocycles. The summed E-state index contributed by atoms with van der Waals surface area (Å²) in [5, 5.41) is 9.01. The van der Waals surface area contributed by atoms with Crippen LogP contribution in [0.1, 0.15) is 48.0 Å². The predicted molar refractivity (Wildman–Crippen MR) is 90.7 cm³/mol. The van der Waals surface area contributed by atoms with Crippen LogP contribution in [0.25, 0.3) is 10.2 Å². The van der Waals surface area contributed by atoms with Crippen LogP contribution in [0.5, 0.6) is 0 Å². The first kappa shape index (κ1) is 15.5. The maximum absolute atomic E-state index is 12.7. The minimum atomic E-state index is 0.172. The summed E-state index contributed by atoms with van der Waals surface area (Å²) in [4.78, 5) is 16.7. The van der Waals surface area contributed by atoms with Crippen molar-refractivity contribution in [3.05, 3.63) is 16.6 Å². The molecule has 6 heteroatoms. The Morgan fingerprint density at radius 3 is 2.68 bits per heavy atom. The Kier molecular flexibility index (Phi) is 4.23. The van der Waals surface area contributed by atoms with Crippen molar-refractivity contribution in [1.29, 1.82) is 0 Å². The maximum Gasteiger partial charge on any atom is 0.264 e. The number of thiophene rings is 1. The van der Waals surface area contributed by atoms with Crippen LogP contribution in [-0.4, -0.2) is 46.8 Å². The second-order valence-electron chi connectivity index (χ2n) is 6.35. The van der Waals surface area contributed by atoms with Crippen LogP contribution >= 0.6 is 11.3 Å². The predicted octanol–water partition coefficient (Wildman–Crippen LogP) is 2.58. The van der Waals surface area contributed by atoms with Crippen LogP contribution in [0.3, 0.4) is 0 Å². The van der Waals surface area contributed by atoms with E-state index in [1.165, 1.54) is 0 Å². The zero-order chi connectivity index (χ0) is 15.9. The highest BCUT2D eigenvalue weighted by molar-refractivity contribution is 7.20. The third-order valence-electron chi connectivity index (χ3n) is 4.49. The molecular formula is C16H24N4OS. The van der Waals surface area contributed by atoms with Gasteiger partial charge in [-0.25, -0.2) is 0 Å². The molecule has 5 nitrogen and oxygen atoms in total. The second-order valence-corrected chi connectivity index (χ2v) is 7.38. The number of carbonyl (C=O) groups is 1. The van der Waals surface area contributed by atoms with Crippen LogP contribution in [0.15, 0.2) is 6.07 Å². The first-order chi connectivity index (χ1) is 10.5. The topological polar surface area (TPSA) is 50.2 Å². The minimum absolute atomic E-state index is 0.172. The third kappa shape index (κ3) is 2.65. The molecule has 3 rings (SSSR count). The van der Waals surface area contributed by atoms with E-state index in [2.05, 4.69) is 24.3 Å². The molecule has 0 aliphatic carbocycles. The first-order valence-corrected chi connectivity index (χ1v) is 8.76. The van der Waals surface area contributed by atoms with Gasteiger partial charge in [-0.3, -0.25) is 9.48 Å². The highest BCUT2D eigenvalue weighted by Crippen LogP contribution is 2.32. The summed E-state index contributed by atoms with van der Waals surface area (Å²) >= 11 is 1.56. The van der Waals surface area contributed by atoms with Gasteiger partial charge in [-0.1, -0.05) is 13.8 Å². The normalized spacial score (nSPS) is 16.9. The van der Waals surface area contributed by atoms with E-state index in [4.69, 9.17) is 0 Å². The summed E-state index contributed by atoms with van der Waals surface area (Å²) in [7, 11) is 3.95. The first-order valence-electron chi connectivity index (χ1n) is 7.94. The molecule has 0 atom stereocenters. The second kappa shape index (κ2) is 6.01. The van der Waals surface area contributed by atoms with Crippen molar-refractivity contribution in [2.45, 2.75) is 38.6 Å². The quantitative estimate of drug-likeness (QED) is 0.946. The van der Waals surface area contributed by atoms with E-state index >= 15 is 0 Å². The molecule has 2 aromatic rings. The van der Waals surface area contributed by atoms with Crippen molar-refractivity contribution in [2.24, 2.45) is 7.05 Å². The third-order valence-corrected chi connectivity index (χ3v) is 5.68. The number of aromatic nitrogens is 2. The Morgan fingerprint density at radius 2 is 2.09 bits per heavy atom. The zero-order valence-electron chi connectivity index (χ0n) is 13.7. The smallest absolute Gasteiger partial charge is 0.264 e. The van der Waals surface area contributed by atoms with Crippen molar-refractivity contribution >= 4 is 27.5 Å². The molecule has 0 spiro atoms. The molecule has 1 N–H and O–H groups in total. The highest BCUT2D eigenvalue weighted by Gasteiger charge is 2.25. The SMILES string of the molecule is CNC1CCN(C(=O)c2cc3c(C(C)C)nn(C)c3s2)CC1. The Hall–Kier alpha value is -1.40. The molecule has 120 valence electrons. The average molecular weight is 320 g/mol. The van der Waals surface area contributed by atoms with Crippen molar-refractivity contribution in [1.82, 2.24) is 20.0 Å². The summed E-state index contributed by atoms with van der Waals surface area (Å²) in [6.07, 6.45) is 2.07. The van der Waals surface area contributed by atoms with E-state index in [9.17, 15) is 4.79 Å². The van der Waals surface area contributed by atoms with E-state index in [1.807, 2.05) is 29.7 Å². The van der Waals surface area contributed by atoms with Gasteiger partial charge in [0.25, 0.3) is 5.91 Å². The molecule has 0 bridgehead atoms. The molecular weight excluding hydrogens is 296 g/mol. The summed E-state index contributed by atoms with van der Waals surface area (Å²) in [6.45, 7) is 5.97. The lowest BCUT2D eigenvalue weighted by Crippen LogP contribution is -2.43. The minimum Gasteiger partial charge on any atom is -0.338 e. The lowest BCUT2D eigenvalue weighted by molar-refractivity contribution is 0.0712. The summed E-state index contributed by atoms with van der Waals surface area (Å²) in [5.74, 6) is 0.540. The zero-order valence-corrected chi connectivity index (χ0v) is 14.5. The van der Waals surface area contributed by atoms with Gasteiger partial charge in [0.15, 0.2) is 0 Å². The number of nitrogens with one attached hydrogen (secondary N) is 1. The summed E-state index contributed by atoms with van der Waals surface area (Å²) < 4.78 is 1.90. The molecule has 0 aromatic carbocycles. The largest absolute Gasteiger partial charge is 0.338 e. The van der Waals surface area contributed by atoms with Crippen molar-refractivity contribution in [2.75, 3.05) is 20.1 Å². The van der Waals surface area contributed by atoms with Gasteiger partial charge in [0.1, 0.15) is 4.83 Å². The number of hydrogen-bond donors (Lipinski definition) is 1. The molecule has 0 radical (unpaired) electrons. The molecule has 1 saturated heterocycles. The van der Waals surface area contributed by atoms with Crippen molar-refractivity contribution in [3.8, 4) is 0 Å². The summed E-state index contributed by atoms with van der Waals surface area (Å²) in [5.41, 5.74) is 1.08. The fourth-order valence-corrected chi connectivity index (χ4v) is 4.17. The van der Waals surface area contributed by atoms with E-state index in [0.29, 0.717) is 12.0 Å². The van der Waals surface area contributed by atoms with Crippen LogP contribution in [-0.2, 0) is 7.05 Å². The number of likely N-dealkylation sites (tertiary alicyclic amines) is 1. The number of hydrogen-bond acceptors (Lipinski definition) is 4. The molecule has 1 aliphatic rings. The number of fused-ring (bicyclic) bond motifs is 1. The standard InChI is InChI=1S/C16H24N4OS/c1-10(2)14-12-9-13(22-16(12)19(4)18-14)15(21)20-7-5-11(17-3)6-8-20/h9-11,17H,5-8H2,1-4H3. The van der Waals surface area contributed by atoms with Gasteiger partial charge in [0.05, 0.1) is 10.6 Å². The fourth-order valence-electron chi connectivity index (χ4n) is 3.13. The molecule has 1 fully saturated rings. The number of piperidine rings is 1. The average Bonchev–Trinajstić information content (AvgIpc) is 3.07. The van der Waals surface area contributed by atoms with Crippen LogP contribution in [0.4, 0.5) is 0 Å². The van der Waals surface area contributed by atoms with Crippen molar-refractivity contribution < 1.29 is 4.79 Å². The number of aryl methyl sites for hydroxylation is 1. The number of rotatable bonds is 3. The Morgan fingerprint density at radius 1 is 1.41 bits per heavy atom. The summed E-state index contributed by atoms with van der Waals surface area (Å²) in [6, 6.07) is 2.58. The lowest BCUT2D eigenvalue weighted by atomic mass is 10.1. The van der Waals surface area contributed by atoms with Gasteiger partial charge < -0.3 is 10.2 Å². The Bertz CT molecular complexity index is 680. The molecule has 1 aliphatic heterocycles. The van der Waals surface area contributed by atoms with E-state index in [1.54, 1.807) is 11.3 Å². The molecule has 0 unspecified atom stereocenters. The van der Waals surface area contributed by atoms with Gasteiger partial charge >= 0.3 is 0 Å². The highest BCUT2D eigenvalue weighted by atomic mass is 32.1. The van der Waals surface area contributed by atoms with E-state index < -0.39 is 0 Å². The molecule has 3 heterocycles. The van der Waals surface area contributed by atoms with Gasteiger partial charge in [0.2, 0.25) is 0 Å². The molecule has 22 heavy (non-hydrogen) atoms. The van der Waals surface area contributed by atoms with Gasteiger partial charge in [-0.15, -0.1) is 11.3 Å². The Balaban J connectivity index is 1.84. The van der Waals surface area contributed by atoms with Crippen LogP contribution in [0.2, 0.25) is 0 Å². The van der Waals surface area contributed by atoms with E-state index in [0.717, 1.165) is 46.7 Å². The van der Waals surface area contributed by atoms with Crippen LogP contribution < -0.4 is 5.32 Å². The van der Waals surface area contributed by atoms with Crippen LogP contribution in [0, 0.1) is 0 Å². The fraction of sp³-hybridized carbons (Fsp3) is 0.625. The number of carbonyl (C=O) groups excluding carboxylic acids is 1. The Labute approximate surface area is 135 Å². The number of nitrogens with zero attached hydrogens (tertiary/aromatic N) is 3.